The van der Waals surface area contributed by atoms with Crippen molar-refractivity contribution < 1.29 is 28.6 Å². The molecule has 0 aliphatic carbocycles. The molecule has 0 aliphatic rings. The largest absolute Gasteiger partial charge is 0.462 e. The molecule has 1 atom stereocenters. The molecule has 0 saturated heterocycles. The molecule has 0 N–H and O–H groups in total. The summed E-state index contributed by atoms with van der Waals surface area (Å²) in [5.41, 5.74) is 0. The zero-order valence-electron chi connectivity index (χ0n) is 53.5. The second kappa shape index (κ2) is 68.8. The summed E-state index contributed by atoms with van der Waals surface area (Å²) in [5, 5.41) is 0. The second-order valence-electron chi connectivity index (χ2n) is 23.1. The molecule has 6 nitrogen and oxygen atoms in total. The van der Waals surface area contributed by atoms with Crippen molar-refractivity contribution >= 4 is 17.9 Å². The van der Waals surface area contributed by atoms with E-state index >= 15 is 0 Å². The van der Waals surface area contributed by atoms with E-state index in [2.05, 4.69) is 118 Å². The molecule has 0 aromatic carbocycles. The lowest BCUT2D eigenvalue weighted by Gasteiger charge is -2.18. The van der Waals surface area contributed by atoms with Gasteiger partial charge in [0.2, 0.25) is 0 Å². The van der Waals surface area contributed by atoms with Gasteiger partial charge in [-0.3, -0.25) is 14.4 Å². The van der Waals surface area contributed by atoms with E-state index in [9.17, 15) is 14.4 Å². The summed E-state index contributed by atoms with van der Waals surface area (Å²) in [6.07, 6.45) is 92.7. The molecule has 0 spiro atoms. The Hall–Kier alpha value is -3.67. The Labute approximate surface area is 502 Å². The predicted molar refractivity (Wildman–Crippen MR) is 353 cm³/mol. The maximum atomic E-state index is 13.0. The first kappa shape index (κ1) is 77.3. The molecule has 0 amide bonds. The number of unbranched alkanes of at least 4 members (excludes halogenated alkanes) is 36. The van der Waals surface area contributed by atoms with E-state index in [1.165, 1.54) is 193 Å². The van der Waals surface area contributed by atoms with Gasteiger partial charge in [0.05, 0.1) is 0 Å². The highest BCUT2D eigenvalue weighted by molar-refractivity contribution is 5.71. The fourth-order valence-corrected chi connectivity index (χ4v) is 9.85. The minimum atomic E-state index is -0.788. The minimum Gasteiger partial charge on any atom is -0.462 e. The van der Waals surface area contributed by atoms with Crippen LogP contribution in [0.25, 0.3) is 0 Å². The third-order valence-corrected chi connectivity index (χ3v) is 15.0. The third-order valence-electron chi connectivity index (χ3n) is 15.0. The number of carbonyl (C=O) groups is 3. The molecule has 466 valence electrons. The van der Waals surface area contributed by atoms with Gasteiger partial charge in [-0.1, -0.05) is 298 Å². The summed E-state index contributed by atoms with van der Waals surface area (Å²) in [7, 11) is 0. The molecule has 0 aromatic rings. The van der Waals surface area contributed by atoms with Gasteiger partial charge in [-0.15, -0.1) is 0 Å². The number of esters is 3. The van der Waals surface area contributed by atoms with Crippen molar-refractivity contribution in [3.63, 3.8) is 0 Å². The number of rotatable bonds is 63. The van der Waals surface area contributed by atoms with Gasteiger partial charge in [0.15, 0.2) is 6.10 Å². The fraction of sp³-hybridized carbons (Fsp3) is 0.747. The number of allylic oxidation sites excluding steroid dienone is 16. The Morgan fingerprint density at radius 2 is 0.481 bits per heavy atom. The Kier molecular flexibility index (Phi) is 65.7. The number of carbonyl (C=O) groups excluding carboxylic acids is 3. The van der Waals surface area contributed by atoms with E-state index in [-0.39, 0.29) is 31.1 Å². The van der Waals surface area contributed by atoms with Crippen molar-refractivity contribution in [1.82, 2.24) is 0 Å². The minimum absolute atomic E-state index is 0.0825. The van der Waals surface area contributed by atoms with Crippen molar-refractivity contribution in [2.24, 2.45) is 0 Å². The lowest BCUT2D eigenvalue weighted by atomic mass is 10.1. The van der Waals surface area contributed by atoms with Gasteiger partial charge in [0, 0.05) is 19.3 Å². The summed E-state index contributed by atoms with van der Waals surface area (Å²) in [5.74, 6) is -0.886. The molecule has 0 saturated carbocycles. The van der Waals surface area contributed by atoms with Crippen molar-refractivity contribution in [3.05, 3.63) is 97.2 Å². The first-order valence-electron chi connectivity index (χ1n) is 34.7. The zero-order valence-corrected chi connectivity index (χ0v) is 53.5. The highest BCUT2D eigenvalue weighted by atomic mass is 16.6. The maximum absolute atomic E-state index is 13.0. The zero-order chi connectivity index (χ0) is 58.5. The summed E-state index contributed by atoms with van der Waals surface area (Å²) >= 11 is 0. The van der Waals surface area contributed by atoms with Gasteiger partial charge in [-0.25, -0.2) is 0 Å². The smallest absolute Gasteiger partial charge is 0.306 e. The Bertz CT molecular complexity index is 1580. The standard InChI is InChI=1S/C75H130O6/c1-4-7-10-13-16-19-22-25-28-31-34-35-36-37-38-39-42-44-47-50-53-56-59-62-65-68-74(77)80-71-72(81-75(78)69-66-63-60-57-54-51-48-45-41-33-30-27-24-21-18-15-12-9-6-3)70-79-73(76)67-64-61-58-55-52-49-46-43-40-32-29-26-23-20-17-14-11-8-5-2/h7,10,16,19,25-30,34-35,37-38,42,44,72H,4-6,8-9,11-15,17-18,20-24,31-33,36,39-41,43,45-71H2,1-3H3/b10-7-,19-16-,28-25-,29-26-,30-27-,35-34-,38-37-,44-42-. The topological polar surface area (TPSA) is 78.9 Å². The Morgan fingerprint density at radius 3 is 0.765 bits per heavy atom. The molecular weight excluding hydrogens is 997 g/mol. The quantitative estimate of drug-likeness (QED) is 0.0261. The van der Waals surface area contributed by atoms with Crippen LogP contribution in [-0.2, 0) is 28.6 Å². The molecule has 0 bridgehead atoms. The van der Waals surface area contributed by atoms with Crippen molar-refractivity contribution in [2.75, 3.05) is 13.2 Å². The van der Waals surface area contributed by atoms with Crippen LogP contribution in [-0.4, -0.2) is 37.2 Å². The van der Waals surface area contributed by atoms with E-state index in [1.807, 2.05) is 0 Å². The summed E-state index contributed by atoms with van der Waals surface area (Å²) in [6, 6.07) is 0. The number of hydrogen-bond acceptors (Lipinski definition) is 6. The maximum Gasteiger partial charge on any atom is 0.306 e. The lowest BCUT2D eigenvalue weighted by molar-refractivity contribution is -0.167. The van der Waals surface area contributed by atoms with Gasteiger partial charge >= 0.3 is 17.9 Å². The van der Waals surface area contributed by atoms with Crippen LogP contribution < -0.4 is 0 Å². The van der Waals surface area contributed by atoms with Crippen LogP contribution in [0.15, 0.2) is 97.2 Å². The van der Waals surface area contributed by atoms with Gasteiger partial charge in [-0.2, -0.15) is 0 Å². The van der Waals surface area contributed by atoms with Crippen LogP contribution in [0.3, 0.4) is 0 Å². The van der Waals surface area contributed by atoms with E-state index in [0.29, 0.717) is 19.3 Å². The summed E-state index contributed by atoms with van der Waals surface area (Å²) < 4.78 is 17.0. The normalized spacial score (nSPS) is 12.7. The molecule has 0 aromatic heterocycles. The van der Waals surface area contributed by atoms with Gasteiger partial charge < -0.3 is 14.2 Å². The third kappa shape index (κ3) is 67.0. The predicted octanol–water partition coefficient (Wildman–Crippen LogP) is 24.0. The first-order valence-corrected chi connectivity index (χ1v) is 34.7. The first-order chi connectivity index (χ1) is 40.0. The van der Waals surface area contributed by atoms with Gasteiger partial charge in [0.1, 0.15) is 13.2 Å². The molecule has 81 heavy (non-hydrogen) atoms. The van der Waals surface area contributed by atoms with Crippen LogP contribution in [0.5, 0.6) is 0 Å². The van der Waals surface area contributed by atoms with Crippen LogP contribution >= 0.6 is 0 Å². The highest BCUT2D eigenvalue weighted by Crippen LogP contribution is 2.17. The Morgan fingerprint density at radius 1 is 0.259 bits per heavy atom. The SMILES string of the molecule is CC/C=C\C/C=C\C/C=C\C/C=C\C/C=C\C/C=C\CCCCCCCCC(=O)OCC(COC(=O)CCCCCCCCCCC/C=C\CCCCCCCC)OC(=O)CCCCCCCCCCC/C=C\CCCCCCCC. The van der Waals surface area contributed by atoms with Crippen molar-refractivity contribution in [2.45, 2.75) is 348 Å². The average Bonchev–Trinajstić information content (AvgIpc) is 3.47. The average molecular weight is 1130 g/mol. The van der Waals surface area contributed by atoms with Crippen molar-refractivity contribution in [1.29, 1.82) is 0 Å². The monoisotopic (exact) mass is 1130 g/mol. The molecule has 0 radical (unpaired) electrons. The molecule has 0 rings (SSSR count). The van der Waals surface area contributed by atoms with E-state index in [1.54, 1.807) is 0 Å². The van der Waals surface area contributed by atoms with E-state index < -0.39 is 6.10 Å². The highest BCUT2D eigenvalue weighted by Gasteiger charge is 2.19. The van der Waals surface area contributed by atoms with Crippen molar-refractivity contribution in [3.8, 4) is 0 Å². The van der Waals surface area contributed by atoms with Gasteiger partial charge in [-0.05, 0) is 122 Å². The molecule has 6 heteroatoms. The van der Waals surface area contributed by atoms with Crippen LogP contribution in [0.1, 0.15) is 342 Å². The van der Waals surface area contributed by atoms with Gasteiger partial charge in [0.25, 0.3) is 0 Å². The van der Waals surface area contributed by atoms with Crippen LogP contribution in [0.2, 0.25) is 0 Å². The van der Waals surface area contributed by atoms with E-state index in [0.717, 1.165) is 109 Å². The molecule has 0 aliphatic heterocycles. The Balaban J connectivity index is 4.40. The second-order valence-corrected chi connectivity index (χ2v) is 23.1. The van der Waals surface area contributed by atoms with Crippen LogP contribution in [0, 0.1) is 0 Å². The lowest BCUT2D eigenvalue weighted by Crippen LogP contribution is -2.30. The van der Waals surface area contributed by atoms with Crippen LogP contribution in [0.4, 0.5) is 0 Å². The molecule has 0 fully saturated rings. The van der Waals surface area contributed by atoms with E-state index in [4.69, 9.17) is 14.2 Å². The molecule has 0 heterocycles. The summed E-state index contributed by atoms with van der Waals surface area (Å²) in [6.45, 7) is 6.55. The number of hydrogen-bond donors (Lipinski definition) is 0. The number of ether oxygens (including phenoxy) is 3. The summed E-state index contributed by atoms with van der Waals surface area (Å²) in [4.78, 5) is 38.5. The fourth-order valence-electron chi connectivity index (χ4n) is 9.85. The molecular formula is C75H130O6. The molecule has 1 unspecified atom stereocenters.